The van der Waals surface area contributed by atoms with Crippen LogP contribution in [0.25, 0.3) is 0 Å². The predicted molar refractivity (Wildman–Crippen MR) is 109 cm³/mol. The fourth-order valence-corrected chi connectivity index (χ4v) is 2.22. The van der Waals surface area contributed by atoms with Gasteiger partial charge < -0.3 is 30.7 Å². The molecule has 0 aliphatic carbocycles. The van der Waals surface area contributed by atoms with Gasteiger partial charge in [0.2, 0.25) is 10.4 Å². The number of aliphatic hydroxyl groups is 3. The Bertz CT molecular complexity index is 448. The van der Waals surface area contributed by atoms with E-state index in [1.165, 1.54) is 44.9 Å². The van der Waals surface area contributed by atoms with Crippen LogP contribution in [0.5, 0.6) is 0 Å². The third-order valence-electron chi connectivity index (χ3n) is 3.67. The number of carboxylic acids is 1. The van der Waals surface area contributed by atoms with E-state index in [1.54, 1.807) is 0 Å². The van der Waals surface area contributed by atoms with E-state index in [-0.39, 0.29) is 36.2 Å². The van der Waals surface area contributed by atoms with Gasteiger partial charge in [0.25, 0.3) is 5.97 Å². The van der Waals surface area contributed by atoms with E-state index in [0.717, 1.165) is 19.8 Å². The van der Waals surface area contributed by atoms with Crippen LogP contribution in [0.2, 0.25) is 0 Å². The SMILES string of the molecule is CC(=O)O.CCCCCCCCCCCCOS(=O)(=O)[O-].NC(CO)(CO)CO.[Na+]. The predicted octanol–water partition coefficient (Wildman–Crippen LogP) is -1.86. The first-order valence-electron chi connectivity index (χ1n) is 9.89. The topological polar surface area (TPSA) is 190 Å². The summed E-state index contributed by atoms with van der Waals surface area (Å²) in [4.78, 5) is 9.00. The summed E-state index contributed by atoms with van der Waals surface area (Å²) in [6, 6.07) is 0. The van der Waals surface area contributed by atoms with Crippen molar-refractivity contribution in [3.63, 3.8) is 0 Å². The molecular formula is C18H40NNaO9S. The quantitative estimate of drug-likeness (QED) is 0.0786. The summed E-state index contributed by atoms with van der Waals surface area (Å²) in [5, 5.41) is 32.4. The van der Waals surface area contributed by atoms with Gasteiger partial charge >= 0.3 is 29.6 Å². The minimum atomic E-state index is -4.48. The van der Waals surface area contributed by atoms with E-state index in [0.29, 0.717) is 6.42 Å². The van der Waals surface area contributed by atoms with Crippen molar-refractivity contribution in [1.82, 2.24) is 0 Å². The number of aliphatic hydroxyl groups excluding tert-OH is 3. The maximum absolute atomic E-state index is 10.1. The van der Waals surface area contributed by atoms with Crippen molar-refractivity contribution in [3.8, 4) is 0 Å². The zero-order valence-electron chi connectivity index (χ0n) is 18.7. The first-order valence-corrected chi connectivity index (χ1v) is 11.2. The van der Waals surface area contributed by atoms with Crippen LogP contribution in [0.1, 0.15) is 78.1 Å². The normalized spacial score (nSPS) is 10.8. The molecule has 0 spiro atoms. The minimum absolute atomic E-state index is 0. The number of aliphatic carboxylic acids is 1. The van der Waals surface area contributed by atoms with Gasteiger partial charge in [0.05, 0.1) is 32.0 Å². The van der Waals surface area contributed by atoms with Crippen LogP contribution in [-0.2, 0) is 19.4 Å². The summed E-state index contributed by atoms with van der Waals surface area (Å²) in [6.45, 7) is 2.12. The smallest absolute Gasteiger partial charge is 0.726 e. The molecule has 178 valence electrons. The minimum Gasteiger partial charge on any atom is -0.726 e. The van der Waals surface area contributed by atoms with Gasteiger partial charge in [-0.15, -0.1) is 0 Å². The third-order valence-corrected chi connectivity index (χ3v) is 4.13. The van der Waals surface area contributed by atoms with Gasteiger partial charge in [-0.25, -0.2) is 8.42 Å². The van der Waals surface area contributed by atoms with Crippen molar-refractivity contribution in [1.29, 1.82) is 0 Å². The van der Waals surface area contributed by atoms with E-state index in [9.17, 15) is 13.0 Å². The standard InChI is InChI=1S/C12H26O4S.C4H11NO3.C2H4O2.Na/c1-2-3-4-5-6-7-8-9-10-11-12-16-17(13,14)15;5-4(1-6,2-7)3-8;1-2(3)4;/h2-12H2,1H3,(H,13,14,15);6-8H,1-3,5H2;1H3,(H,3,4);/q;;;+1/p-1. The van der Waals surface area contributed by atoms with Gasteiger partial charge in [-0.1, -0.05) is 64.7 Å². The summed E-state index contributed by atoms with van der Waals surface area (Å²) >= 11 is 0. The molecule has 0 fully saturated rings. The molecule has 0 aromatic heterocycles. The number of hydrogen-bond acceptors (Lipinski definition) is 9. The first kappa shape index (κ1) is 37.5. The molecule has 0 aromatic carbocycles. The maximum atomic E-state index is 10.1. The second kappa shape index (κ2) is 25.4. The molecule has 0 bridgehead atoms. The average Bonchev–Trinajstić information content (AvgIpc) is 2.64. The van der Waals surface area contributed by atoms with Crippen molar-refractivity contribution < 1.29 is 71.9 Å². The molecule has 30 heavy (non-hydrogen) atoms. The van der Waals surface area contributed by atoms with Crippen molar-refractivity contribution in [2.75, 3.05) is 26.4 Å². The van der Waals surface area contributed by atoms with E-state index in [2.05, 4.69) is 11.1 Å². The summed E-state index contributed by atoms with van der Waals surface area (Å²) < 4.78 is 34.5. The average molecular weight is 470 g/mol. The molecule has 0 radical (unpaired) electrons. The Labute approximate surface area is 203 Å². The van der Waals surface area contributed by atoms with E-state index in [4.69, 9.17) is 31.0 Å². The Morgan fingerprint density at radius 2 is 1.20 bits per heavy atom. The van der Waals surface area contributed by atoms with Crippen molar-refractivity contribution >= 4 is 16.4 Å². The van der Waals surface area contributed by atoms with Crippen LogP contribution in [0.15, 0.2) is 0 Å². The molecule has 6 N–H and O–H groups in total. The summed E-state index contributed by atoms with van der Waals surface area (Å²) in [5.41, 5.74) is 3.94. The molecule has 0 atom stereocenters. The molecule has 0 rings (SSSR count). The number of nitrogens with two attached hydrogens (primary N) is 1. The molecule has 0 amide bonds. The Hall–Kier alpha value is 0.180. The summed E-state index contributed by atoms with van der Waals surface area (Å²) in [6.07, 6.45) is 11.7. The van der Waals surface area contributed by atoms with E-state index < -0.39 is 41.7 Å². The molecule has 0 aromatic rings. The van der Waals surface area contributed by atoms with Gasteiger partial charge in [-0.3, -0.25) is 8.98 Å². The molecule has 0 heterocycles. The zero-order valence-corrected chi connectivity index (χ0v) is 21.5. The molecular weight excluding hydrogens is 429 g/mol. The van der Waals surface area contributed by atoms with Crippen LogP contribution in [-0.4, -0.2) is 71.3 Å². The fourth-order valence-electron chi connectivity index (χ4n) is 1.90. The Kier molecular flexibility index (Phi) is 31.8. The van der Waals surface area contributed by atoms with Crippen LogP contribution >= 0.6 is 0 Å². The second-order valence-electron chi connectivity index (χ2n) is 6.77. The Morgan fingerprint density at radius 3 is 1.43 bits per heavy atom. The van der Waals surface area contributed by atoms with Gasteiger partial charge in [0.1, 0.15) is 0 Å². The molecule has 0 aliphatic rings. The molecule has 12 heteroatoms. The second-order valence-corrected chi connectivity index (χ2v) is 7.82. The van der Waals surface area contributed by atoms with Crippen molar-refractivity contribution in [3.05, 3.63) is 0 Å². The largest absolute Gasteiger partial charge is 1.00 e. The van der Waals surface area contributed by atoms with Crippen LogP contribution in [0, 0.1) is 0 Å². The van der Waals surface area contributed by atoms with Crippen molar-refractivity contribution in [2.24, 2.45) is 5.73 Å². The van der Waals surface area contributed by atoms with Gasteiger partial charge in [-0.05, 0) is 6.42 Å². The third kappa shape index (κ3) is 38.7. The van der Waals surface area contributed by atoms with E-state index >= 15 is 0 Å². The monoisotopic (exact) mass is 469 g/mol. The van der Waals surface area contributed by atoms with Crippen LogP contribution in [0.4, 0.5) is 0 Å². The van der Waals surface area contributed by atoms with Crippen molar-refractivity contribution in [2.45, 2.75) is 83.6 Å². The molecule has 0 aliphatic heterocycles. The Morgan fingerprint density at radius 1 is 0.900 bits per heavy atom. The fraction of sp³-hybridized carbons (Fsp3) is 0.944. The van der Waals surface area contributed by atoms with E-state index in [1.807, 2.05) is 0 Å². The van der Waals surface area contributed by atoms with Gasteiger partial charge in [0.15, 0.2) is 0 Å². The summed E-state index contributed by atoms with van der Waals surface area (Å²) in [7, 11) is -4.48. The van der Waals surface area contributed by atoms with Crippen LogP contribution < -0.4 is 35.3 Å². The maximum Gasteiger partial charge on any atom is 1.00 e. The number of rotatable bonds is 15. The Balaban J connectivity index is -0.000000216. The number of carbonyl (C=O) groups is 1. The van der Waals surface area contributed by atoms with Crippen LogP contribution in [0.3, 0.4) is 0 Å². The molecule has 0 saturated heterocycles. The number of hydrogen-bond donors (Lipinski definition) is 5. The van der Waals surface area contributed by atoms with Gasteiger partial charge in [-0.2, -0.15) is 0 Å². The van der Waals surface area contributed by atoms with Gasteiger partial charge in [0, 0.05) is 6.92 Å². The number of unbranched alkanes of at least 4 members (excludes halogenated alkanes) is 9. The molecule has 0 saturated carbocycles. The zero-order chi connectivity index (χ0) is 23.2. The molecule has 0 unspecified atom stereocenters. The molecule has 10 nitrogen and oxygen atoms in total. The summed E-state index contributed by atoms with van der Waals surface area (Å²) in [5.74, 6) is -0.833. The first-order chi connectivity index (χ1) is 13.5. The number of carboxylic acid groups (broad SMARTS) is 1.